The van der Waals surface area contributed by atoms with Crippen LogP contribution in [0.5, 0.6) is 0 Å². The minimum atomic E-state index is 0.191. The van der Waals surface area contributed by atoms with Gasteiger partial charge in [-0.1, -0.05) is 20.3 Å². The Morgan fingerprint density at radius 2 is 2.27 bits per heavy atom. The predicted octanol–water partition coefficient (Wildman–Crippen LogP) is 1.67. The van der Waals surface area contributed by atoms with Crippen molar-refractivity contribution in [1.29, 1.82) is 0 Å². The zero-order chi connectivity index (χ0) is 11.4. The van der Waals surface area contributed by atoms with Gasteiger partial charge in [-0.25, -0.2) is 0 Å². The first-order chi connectivity index (χ1) is 7.10. The molecule has 1 rings (SSSR count). The van der Waals surface area contributed by atoms with E-state index in [2.05, 4.69) is 30.4 Å². The summed E-state index contributed by atoms with van der Waals surface area (Å²) in [5, 5.41) is 4.34. The van der Waals surface area contributed by atoms with Crippen molar-refractivity contribution >= 4 is 0 Å². The number of aryl methyl sites for hydroxylation is 2. The minimum absolute atomic E-state index is 0.191. The third-order valence-electron chi connectivity index (χ3n) is 2.85. The number of nitrogens with two attached hydrogens (primary N) is 1. The van der Waals surface area contributed by atoms with Crippen molar-refractivity contribution in [2.75, 3.05) is 0 Å². The average molecular weight is 210 g/mol. The molecule has 86 valence electrons. The SMILES string of the molecule is CCCC(C)C(NN)c1cc(C)nn1C. The summed E-state index contributed by atoms with van der Waals surface area (Å²) in [7, 11) is 1.96. The molecule has 4 heteroatoms. The number of hydrogen-bond acceptors (Lipinski definition) is 3. The molecular formula is C11H22N4. The zero-order valence-corrected chi connectivity index (χ0v) is 10.1. The predicted molar refractivity (Wildman–Crippen MR) is 62.1 cm³/mol. The van der Waals surface area contributed by atoms with E-state index in [1.165, 1.54) is 12.8 Å². The molecule has 0 saturated heterocycles. The Balaban J connectivity index is 2.86. The molecule has 1 aromatic heterocycles. The van der Waals surface area contributed by atoms with E-state index in [1.807, 2.05) is 18.7 Å². The van der Waals surface area contributed by atoms with Crippen LogP contribution >= 0.6 is 0 Å². The summed E-state index contributed by atoms with van der Waals surface area (Å²) in [5.74, 6) is 6.15. The first-order valence-electron chi connectivity index (χ1n) is 5.56. The smallest absolute Gasteiger partial charge is 0.0654 e. The van der Waals surface area contributed by atoms with Gasteiger partial charge in [0.2, 0.25) is 0 Å². The number of rotatable bonds is 5. The highest BCUT2D eigenvalue weighted by Gasteiger charge is 2.20. The van der Waals surface area contributed by atoms with Crippen LogP contribution in [0.25, 0.3) is 0 Å². The van der Waals surface area contributed by atoms with Crippen LogP contribution in [0, 0.1) is 12.8 Å². The largest absolute Gasteiger partial charge is 0.271 e. The third kappa shape index (κ3) is 2.79. The molecule has 1 heterocycles. The van der Waals surface area contributed by atoms with Gasteiger partial charge in [0.25, 0.3) is 0 Å². The second-order valence-corrected chi connectivity index (χ2v) is 4.24. The number of aromatic nitrogens is 2. The molecule has 4 nitrogen and oxygen atoms in total. The molecule has 0 aromatic carbocycles. The van der Waals surface area contributed by atoms with E-state index < -0.39 is 0 Å². The van der Waals surface area contributed by atoms with E-state index in [0.29, 0.717) is 5.92 Å². The Kier molecular flexibility index (Phi) is 4.29. The van der Waals surface area contributed by atoms with Crippen molar-refractivity contribution in [1.82, 2.24) is 15.2 Å². The molecule has 2 atom stereocenters. The van der Waals surface area contributed by atoms with Crippen molar-refractivity contribution in [2.45, 2.75) is 39.7 Å². The summed E-state index contributed by atoms with van der Waals surface area (Å²) >= 11 is 0. The third-order valence-corrected chi connectivity index (χ3v) is 2.85. The van der Waals surface area contributed by atoms with E-state index in [1.54, 1.807) is 0 Å². The van der Waals surface area contributed by atoms with Gasteiger partial charge < -0.3 is 0 Å². The lowest BCUT2D eigenvalue weighted by Gasteiger charge is -2.22. The molecule has 0 aliphatic heterocycles. The maximum atomic E-state index is 5.62. The van der Waals surface area contributed by atoms with E-state index in [9.17, 15) is 0 Å². The van der Waals surface area contributed by atoms with Gasteiger partial charge in [-0.05, 0) is 25.3 Å². The summed E-state index contributed by atoms with van der Waals surface area (Å²) in [6.07, 6.45) is 2.34. The highest BCUT2D eigenvalue weighted by Crippen LogP contribution is 2.24. The van der Waals surface area contributed by atoms with Gasteiger partial charge >= 0.3 is 0 Å². The van der Waals surface area contributed by atoms with Gasteiger partial charge in [-0.3, -0.25) is 16.0 Å². The van der Waals surface area contributed by atoms with Gasteiger partial charge in [-0.15, -0.1) is 0 Å². The number of nitrogens with zero attached hydrogens (tertiary/aromatic N) is 2. The molecule has 0 aliphatic rings. The summed E-state index contributed by atoms with van der Waals surface area (Å²) < 4.78 is 1.91. The van der Waals surface area contributed by atoms with Gasteiger partial charge in [0, 0.05) is 7.05 Å². The molecule has 0 radical (unpaired) electrons. The van der Waals surface area contributed by atoms with E-state index >= 15 is 0 Å². The van der Waals surface area contributed by atoms with Crippen LogP contribution in [-0.2, 0) is 7.05 Å². The Labute approximate surface area is 91.8 Å². The molecule has 2 unspecified atom stereocenters. The number of nitrogens with one attached hydrogen (secondary N) is 1. The molecule has 0 saturated carbocycles. The van der Waals surface area contributed by atoms with Crippen LogP contribution in [-0.4, -0.2) is 9.78 Å². The molecule has 0 aliphatic carbocycles. The Morgan fingerprint density at radius 3 is 2.67 bits per heavy atom. The van der Waals surface area contributed by atoms with Crippen molar-refractivity contribution in [3.05, 3.63) is 17.5 Å². The normalized spacial score (nSPS) is 15.3. The monoisotopic (exact) mass is 210 g/mol. The van der Waals surface area contributed by atoms with Crippen molar-refractivity contribution < 1.29 is 0 Å². The standard InChI is InChI=1S/C11H22N4/c1-5-6-8(2)11(13-12)10-7-9(3)14-15(10)4/h7-8,11,13H,5-6,12H2,1-4H3. The average Bonchev–Trinajstić information content (AvgIpc) is 2.47. The molecular weight excluding hydrogens is 188 g/mol. The number of hydrogen-bond donors (Lipinski definition) is 2. The van der Waals surface area contributed by atoms with E-state index in [4.69, 9.17) is 5.84 Å². The Bertz CT molecular complexity index is 306. The van der Waals surface area contributed by atoms with Crippen molar-refractivity contribution in [2.24, 2.45) is 18.8 Å². The fourth-order valence-electron chi connectivity index (χ4n) is 2.08. The van der Waals surface area contributed by atoms with Gasteiger partial charge in [0.15, 0.2) is 0 Å². The lowest BCUT2D eigenvalue weighted by molar-refractivity contribution is 0.351. The van der Waals surface area contributed by atoms with Crippen molar-refractivity contribution in [3.8, 4) is 0 Å². The summed E-state index contributed by atoms with van der Waals surface area (Å²) in [4.78, 5) is 0. The first-order valence-corrected chi connectivity index (χ1v) is 5.56. The highest BCUT2D eigenvalue weighted by atomic mass is 15.3. The van der Waals surface area contributed by atoms with E-state index in [0.717, 1.165) is 11.4 Å². The molecule has 3 N–H and O–H groups in total. The van der Waals surface area contributed by atoms with Crippen LogP contribution in [0.3, 0.4) is 0 Å². The van der Waals surface area contributed by atoms with Gasteiger partial charge in [0.1, 0.15) is 0 Å². The van der Waals surface area contributed by atoms with Crippen LogP contribution in [0.1, 0.15) is 44.1 Å². The van der Waals surface area contributed by atoms with Crippen LogP contribution in [0.15, 0.2) is 6.07 Å². The van der Waals surface area contributed by atoms with E-state index in [-0.39, 0.29) is 6.04 Å². The Hall–Kier alpha value is -0.870. The second-order valence-electron chi connectivity index (χ2n) is 4.24. The van der Waals surface area contributed by atoms with Crippen LogP contribution in [0.4, 0.5) is 0 Å². The molecule has 0 spiro atoms. The lowest BCUT2D eigenvalue weighted by Crippen LogP contribution is -2.33. The second kappa shape index (κ2) is 5.28. The summed E-state index contributed by atoms with van der Waals surface area (Å²) in [6.45, 7) is 6.41. The lowest BCUT2D eigenvalue weighted by atomic mass is 9.95. The summed E-state index contributed by atoms with van der Waals surface area (Å²) in [5.41, 5.74) is 5.10. The Morgan fingerprint density at radius 1 is 1.60 bits per heavy atom. The topological polar surface area (TPSA) is 55.9 Å². The minimum Gasteiger partial charge on any atom is -0.271 e. The van der Waals surface area contributed by atoms with Gasteiger partial charge in [-0.2, -0.15) is 5.10 Å². The van der Waals surface area contributed by atoms with Crippen LogP contribution < -0.4 is 11.3 Å². The quantitative estimate of drug-likeness (QED) is 0.574. The molecule has 0 amide bonds. The maximum Gasteiger partial charge on any atom is 0.0654 e. The maximum absolute atomic E-state index is 5.62. The fourth-order valence-corrected chi connectivity index (χ4v) is 2.08. The fraction of sp³-hybridized carbons (Fsp3) is 0.727. The molecule has 1 aromatic rings. The highest BCUT2D eigenvalue weighted by molar-refractivity contribution is 5.13. The first kappa shape index (κ1) is 12.2. The molecule has 15 heavy (non-hydrogen) atoms. The zero-order valence-electron chi connectivity index (χ0n) is 10.1. The molecule has 0 fully saturated rings. The molecule has 0 bridgehead atoms. The number of hydrazine groups is 1. The summed E-state index contributed by atoms with van der Waals surface area (Å²) in [6, 6.07) is 2.28. The van der Waals surface area contributed by atoms with Crippen LogP contribution in [0.2, 0.25) is 0 Å². The van der Waals surface area contributed by atoms with Gasteiger partial charge in [0.05, 0.1) is 17.4 Å². The van der Waals surface area contributed by atoms with Crippen molar-refractivity contribution in [3.63, 3.8) is 0 Å².